The molecule has 0 atom stereocenters. The molecule has 90 valence electrons. The fraction of sp³-hybridized carbons (Fsp3) is 0.143. The van der Waals surface area contributed by atoms with E-state index in [9.17, 15) is 29.9 Å². The minimum Gasteiger partial charge on any atom is -0.358 e. The van der Waals surface area contributed by atoms with Gasteiger partial charge in [-0.2, -0.15) is 21.6 Å². The van der Waals surface area contributed by atoms with Gasteiger partial charge in [-0.25, -0.2) is 4.39 Å². The predicted molar refractivity (Wildman–Crippen MR) is 42.1 cm³/mol. The lowest BCUT2D eigenvalue weighted by molar-refractivity contribution is -0.140. The fourth-order valence-corrected chi connectivity index (χ4v) is 1.22. The third-order valence-corrected chi connectivity index (χ3v) is 1.83. The van der Waals surface area contributed by atoms with Gasteiger partial charge in [0.25, 0.3) is 0 Å². The Kier molecular flexibility index (Phi) is 3.08. The van der Waals surface area contributed by atoms with E-state index in [0.29, 0.717) is 12.1 Å². The van der Waals surface area contributed by atoms with Crippen molar-refractivity contribution in [2.24, 2.45) is 0 Å². The zero-order valence-electron chi connectivity index (χ0n) is 7.25. The molecule has 1 aromatic rings. The summed E-state index contributed by atoms with van der Waals surface area (Å²) in [7, 11) is -5.44. The normalized spacial score (nSPS) is 12.6. The van der Waals surface area contributed by atoms with Crippen LogP contribution in [-0.2, 0) is 16.7 Å². The molecule has 0 unspecified atom stereocenters. The molecule has 0 aliphatic carbocycles. The van der Waals surface area contributed by atoms with Crippen molar-refractivity contribution in [2.75, 3.05) is 0 Å². The monoisotopic (exact) mass is 262 g/mol. The molecule has 16 heavy (non-hydrogen) atoms. The highest BCUT2D eigenvalue weighted by Gasteiger charge is 2.34. The van der Waals surface area contributed by atoms with Crippen molar-refractivity contribution in [3.8, 4) is 5.75 Å². The molecule has 3 nitrogen and oxygen atoms in total. The van der Waals surface area contributed by atoms with E-state index in [2.05, 4.69) is 4.18 Å². The number of hydrogen-bond acceptors (Lipinski definition) is 3. The molecule has 1 aromatic carbocycles. The summed E-state index contributed by atoms with van der Waals surface area (Å²) in [5.74, 6) is -2.58. The van der Waals surface area contributed by atoms with E-state index >= 15 is 0 Å². The van der Waals surface area contributed by atoms with Gasteiger partial charge in [-0.15, -0.1) is 0 Å². The lowest BCUT2D eigenvalue weighted by Crippen LogP contribution is -2.09. The van der Waals surface area contributed by atoms with Gasteiger partial charge in [0.05, 0.1) is 5.56 Å². The van der Waals surface area contributed by atoms with Gasteiger partial charge < -0.3 is 4.18 Å². The van der Waals surface area contributed by atoms with Crippen molar-refractivity contribution in [1.29, 1.82) is 0 Å². The quantitative estimate of drug-likeness (QED) is 0.607. The van der Waals surface area contributed by atoms with Gasteiger partial charge in [0.1, 0.15) is 11.6 Å². The highest BCUT2D eigenvalue weighted by molar-refractivity contribution is 7.81. The largest absolute Gasteiger partial charge is 0.488 e. The maximum Gasteiger partial charge on any atom is 0.488 e. The third-order valence-electron chi connectivity index (χ3n) is 1.44. The van der Waals surface area contributed by atoms with Crippen LogP contribution in [-0.4, -0.2) is 8.42 Å². The average molecular weight is 262 g/mol. The first-order valence-electron chi connectivity index (χ1n) is 3.60. The molecule has 0 heterocycles. The summed E-state index contributed by atoms with van der Waals surface area (Å²) in [6.07, 6.45) is -5.02. The molecule has 0 amide bonds. The van der Waals surface area contributed by atoms with E-state index < -0.39 is 33.8 Å². The average Bonchev–Trinajstić information content (AvgIpc) is 2.04. The molecule has 0 bridgehead atoms. The molecule has 0 N–H and O–H groups in total. The van der Waals surface area contributed by atoms with Crippen LogP contribution in [0.1, 0.15) is 5.56 Å². The van der Waals surface area contributed by atoms with Crippen LogP contribution >= 0.6 is 0 Å². The van der Waals surface area contributed by atoms with Crippen LogP contribution < -0.4 is 4.18 Å². The maximum atomic E-state index is 12.7. The molecule has 1 rings (SSSR count). The number of halogens is 5. The Bertz CT molecular complexity index is 493. The number of benzene rings is 1. The summed E-state index contributed by atoms with van der Waals surface area (Å²) in [4.78, 5) is 0. The zero-order valence-corrected chi connectivity index (χ0v) is 8.07. The Balaban J connectivity index is 3.18. The molecule has 0 radical (unpaired) electrons. The summed E-state index contributed by atoms with van der Waals surface area (Å²) in [6.45, 7) is 0. The highest BCUT2D eigenvalue weighted by atomic mass is 32.3. The minimum atomic E-state index is -5.44. The van der Waals surface area contributed by atoms with Gasteiger partial charge in [-0.3, -0.25) is 0 Å². The Morgan fingerprint density at radius 3 is 2.19 bits per heavy atom. The van der Waals surface area contributed by atoms with Crippen molar-refractivity contribution in [3.05, 3.63) is 29.6 Å². The van der Waals surface area contributed by atoms with E-state index in [4.69, 9.17) is 0 Å². The van der Waals surface area contributed by atoms with E-state index in [0.717, 1.165) is 0 Å². The molecule has 0 aliphatic heterocycles. The topological polar surface area (TPSA) is 43.4 Å². The standard InChI is InChI=1S/C7H3F5O3S/c8-6-2-1-4(15-16(12,13)14)3-5(6)7(9,10)11/h1-3H. The second-order valence-electron chi connectivity index (χ2n) is 2.62. The summed E-state index contributed by atoms with van der Waals surface area (Å²) in [5, 5.41) is 0. The summed E-state index contributed by atoms with van der Waals surface area (Å²) in [5.41, 5.74) is -1.74. The molecule has 0 spiro atoms. The Morgan fingerprint density at radius 1 is 1.19 bits per heavy atom. The molecular formula is C7H3F5O3S. The highest BCUT2D eigenvalue weighted by Crippen LogP contribution is 2.33. The third kappa shape index (κ3) is 3.33. The van der Waals surface area contributed by atoms with Crippen LogP contribution in [0.15, 0.2) is 18.2 Å². The van der Waals surface area contributed by atoms with E-state index in [1.807, 2.05) is 0 Å². The van der Waals surface area contributed by atoms with Gasteiger partial charge in [-0.05, 0) is 18.2 Å². The lowest BCUT2D eigenvalue weighted by atomic mass is 10.2. The molecule has 0 aromatic heterocycles. The SMILES string of the molecule is O=S(=O)(F)Oc1ccc(F)c(C(F)(F)F)c1. The predicted octanol–water partition coefficient (Wildman–Crippen LogP) is 2.44. The van der Waals surface area contributed by atoms with Crippen LogP contribution in [0.25, 0.3) is 0 Å². The van der Waals surface area contributed by atoms with Crippen LogP contribution in [0, 0.1) is 5.82 Å². The van der Waals surface area contributed by atoms with Gasteiger partial charge in [0.2, 0.25) is 0 Å². The molecule has 0 fully saturated rings. The van der Waals surface area contributed by atoms with Crippen LogP contribution in [0.2, 0.25) is 0 Å². The first-order chi connectivity index (χ1) is 7.09. The molecule has 9 heteroatoms. The Hall–Kier alpha value is -1.38. The summed E-state index contributed by atoms with van der Waals surface area (Å²) < 4.78 is 84.5. The minimum absolute atomic E-state index is 0.0481. The van der Waals surface area contributed by atoms with E-state index in [1.165, 1.54) is 0 Å². The smallest absolute Gasteiger partial charge is 0.358 e. The molecule has 0 aliphatic rings. The Labute approximate surface area is 86.9 Å². The maximum absolute atomic E-state index is 12.7. The lowest BCUT2D eigenvalue weighted by Gasteiger charge is -2.08. The van der Waals surface area contributed by atoms with Crippen molar-refractivity contribution >= 4 is 10.5 Å². The van der Waals surface area contributed by atoms with Gasteiger partial charge in [0, 0.05) is 0 Å². The van der Waals surface area contributed by atoms with Crippen LogP contribution in [0.4, 0.5) is 21.4 Å². The Morgan fingerprint density at radius 2 is 1.75 bits per heavy atom. The summed E-state index contributed by atoms with van der Waals surface area (Å²) >= 11 is 0. The van der Waals surface area contributed by atoms with Gasteiger partial charge in [0.15, 0.2) is 0 Å². The van der Waals surface area contributed by atoms with E-state index in [1.54, 1.807) is 0 Å². The molecular weight excluding hydrogens is 259 g/mol. The molecule has 0 saturated heterocycles. The van der Waals surface area contributed by atoms with Crippen molar-refractivity contribution in [2.45, 2.75) is 6.18 Å². The second-order valence-corrected chi connectivity index (χ2v) is 3.57. The second kappa shape index (κ2) is 3.89. The van der Waals surface area contributed by atoms with E-state index in [-0.39, 0.29) is 6.07 Å². The van der Waals surface area contributed by atoms with Gasteiger partial charge in [-0.1, -0.05) is 3.89 Å². The number of rotatable bonds is 2. The van der Waals surface area contributed by atoms with Crippen LogP contribution in [0.3, 0.4) is 0 Å². The fourth-order valence-electron chi connectivity index (χ4n) is 0.888. The van der Waals surface area contributed by atoms with Crippen molar-refractivity contribution < 1.29 is 34.0 Å². The number of alkyl halides is 3. The first-order valence-corrected chi connectivity index (χ1v) is 4.91. The first kappa shape index (κ1) is 12.7. The summed E-state index contributed by atoms with van der Waals surface area (Å²) in [6, 6.07) is 0.928. The number of hydrogen-bond donors (Lipinski definition) is 0. The van der Waals surface area contributed by atoms with Crippen LogP contribution in [0.5, 0.6) is 5.75 Å². The van der Waals surface area contributed by atoms with Crippen molar-refractivity contribution in [3.63, 3.8) is 0 Å². The van der Waals surface area contributed by atoms with Gasteiger partial charge >= 0.3 is 16.7 Å². The zero-order chi connectivity index (χ0) is 12.6. The molecule has 0 saturated carbocycles. The van der Waals surface area contributed by atoms with Crippen molar-refractivity contribution in [1.82, 2.24) is 0 Å².